The van der Waals surface area contributed by atoms with Gasteiger partial charge < -0.3 is 9.47 Å². The molecule has 0 aromatic heterocycles. The van der Waals surface area contributed by atoms with Crippen molar-refractivity contribution in [2.24, 2.45) is 16.2 Å². The molecule has 3 heteroatoms. The molecule has 3 atom stereocenters. The predicted molar refractivity (Wildman–Crippen MR) is 97.6 cm³/mol. The van der Waals surface area contributed by atoms with E-state index < -0.39 is 5.41 Å². The van der Waals surface area contributed by atoms with Crippen molar-refractivity contribution >= 4 is 5.97 Å². The smallest absolute Gasteiger partial charge is 0.314 e. The van der Waals surface area contributed by atoms with Crippen molar-refractivity contribution in [3.63, 3.8) is 0 Å². The average molecular weight is 339 g/mol. The summed E-state index contributed by atoms with van der Waals surface area (Å²) in [6.45, 7) is 13.0. The standard InChI is InChI=1S/C21H38O3/c1-7-19(4,5)15-20(6,8-2)17(22)24-18-21(14-16(3)23-18)12-10-9-11-13-21/h16,18H,7-15H2,1-6H3. The molecule has 2 fully saturated rings. The van der Waals surface area contributed by atoms with Crippen LogP contribution in [0.3, 0.4) is 0 Å². The van der Waals surface area contributed by atoms with Crippen molar-refractivity contribution in [1.82, 2.24) is 0 Å². The summed E-state index contributed by atoms with van der Waals surface area (Å²) in [6, 6.07) is 0. The maximum absolute atomic E-state index is 13.1. The fourth-order valence-electron chi connectivity index (χ4n) is 4.68. The Balaban J connectivity index is 2.11. The Morgan fingerprint density at radius 3 is 2.29 bits per heavy atom. The van der Waals surface area contributed by atoms with Crippen LogP contribution >= 0.6 is 0 Å². The molecule has 140 valence electrons. The van der Waals surface area contributed by atoms with Gasteiger partial charge in [-0.1, -0.05) is 53.4 Å². The van der Waals surface area contributed by atoms with Crippen molar-refractivity contribution < 1.29 is 14.3 Å². The maximum atomic E-state index is 13.1. The molecule has 24 heavy (non-hydrogen) atoms. The molecule has 0 amide bonds. The average Bonchev–Trinajstić information content (AvgIpc) is 2.82. The van der Waals surface area contributed by atoms with Crippen LogP contribution in [0.1, 0.15) is 99.3 Å². The summed E-state index contributed by atoms with van der Waals surface area (Å²) in [5, 5.41) is 0. The van der Waals surface area contributed by atoms with Gasteiger partial charge in [0.2, 0.25) is 6.29 Å². The quantitative estimate of drug-likeness (QED) is 0.569. The minimum Gasteiger partial charge on any atom is -0.435 e. The van der Waals surface area contributed by atoms with Crippen LogP contribution in [0.4, 0.5) is 0 Å². The summed E-state index contributed by atoms with van der Waals surface area (Å²) in [5.74, 6) is -0.0597. The second-order valence-corrected chi connectivity index (χ2v) is 9.42. The monoisotopic (exact) mass is 338 g/mol. The van der Waals surface area contributed by atoms with Gasteiger partial charge in [0.05, 0.1) is 11.5 Å². The van der Waals surface area contributed by atoms with E-state index in [4.69, 9.17) is 9.47 Å². The van der Waals surface area contributed by atoms with Crippen molar-refractivity contribution in [1.29, 1.82) is 0 Å². The molecule has 1 saturated carbocycles. The molecule has 1 aliphatic carbocycles. The molecule has 0 bridgehead atoms. The highest BCUT2D eigenvalue weighted by atomic mass is 16.7. The van der Waals surface area contributed by atoms with E-state index in [1.54, 1.807) is 0 Å². The van der Waals surface area contributed by atoms with Crippen LogP contribution in [0.25, 0.3) is 0 Å². The van der Waals surface area contributed by atoms with Crippen LogP contribution in [-0.4, -0.2) is 18.4 Å². The van der Waals surface area contributed by atoms with Gasteiger partial charge in [-0.25, -0.2) is 0 Å². The molecule has 1 saturated heterocycles. The molecule has 2 rings (SSSR count). The fourth-order valence-corrected chi connectivity index (χ4v) is 4.68. The van der Waals surface area contributed by atoms with Gasteiger partial charge in [0.1, 0.15) is 0 Å². The third kappa shape index (κ3) is 4.15. The van der Waals surface area contributed by atoms with Gasteiger partial charge in [0, 0.05) is 5.41 Å². The fraction of sp³-hybridized carbons (Fsp3) is 0.952. The van der Waals surface area contributed by atoms with Gasteiger partial charge in [-0.05, 0) is 51.4 Å². The minimum absolute atomic E-state index is 0.0597. The van der Waals surface area contributed by atoms with Gasteiger partial charge in [-0.15, -0.1) is 0 Å². The first kappa shape index (κ1) is 19.8. The van der Waals surface area contributed by atoms with Crippen LogP contribution in [0.5, 0.6) is 0 Å². The zero-order valence-corrected chi connectivity index (χ0v) is 16.7. The van der Waals surface area contributed by atoms with Gasteiger partial charge in [-0.2, -0.15) is 0 Å². The van der Waals surface area contributed by atoms with Crippen molar-refractivity contribution in [2.75, 3.05) is 0 Å². The summed E-state index contributed by atoms with van der Waals surface area (Å²) < 4.78 is 12.1. The molecule has 1 aliphatic heterocycles. The first-order chi connectivity index (χ1) is 11.2. The minimum atomic E-state index is -0.426. The van der Waals surface area contributed by atoms with E-state index in [1.165, 1.54) is 19.3 Å². The molecule has 0 N–H and O–H groups in total. The number of hydrogen-bond donors (Lipinski definition) is 0. The molecular weight excluding hydrogens is 300 g/mol. The van der Waals surface area contributed by atoms with Crippen LogP contribution < -0.4 is 0 Å². The number of rotatable bonds is 6. The van der Waals surface area contributed by atoms with Crippen molar-refractivity contribution in [3.8, 4) is 0 Å². The first-order valence-corrected chi connectivity index (χ1v) is 10.0. The Kier molecular flexibility index (Phi) is 6.05. The Morgan fingerprint density at radius 2 is 1.75 bits per heavy atom. The third-order valence-electron chi connectivity index (χ3n) is 6.71. The molecule has 1 heterocycles. The lowest BCUT2D eigenvalue weighted by Gasteiger charge is -2.39. The zero-order chi connectivity index (χ0) is 18.0. The first-order valence-electron chi connectivity index (χ1n) is 10.0. The number of ether oxygens (including phenoxy) is 2. The number of carbonyl (C=O) groups excluding carboxylic acids is 1. The SMILES string of the molecule is CCC(C)(C)CC(C)(CC)C(=O)OC1OC(C)CC12CCCCC2. The van der Waals surface area contributed by atoms with Crippen LogP contribution in [-0.2, 0) is 14.3 Å². The van der Waals surface area contributed by atoms with E-state index in [0.29, 0.717) is 0 Å². The Hall–Kier alpha value is -0.570. The lowest BCUT2D eigenvalue weighted by Crippen LogP contribution is -2.42. The van der Waals surface area contributed by atoms with Crippen LogP contribution in [0.15, 0.2) is 0 Å². The van der Waals surface area contributed by atoms with Crippen LogP contribution in [0.2, 0.25) is 0 Å². The highest BCUT2D eigenvalue weighted by Gasteiger charge is 2.51. The summed E-state index contributed by atoms with van der Waals surface area (Å²) >= 11 is 0. The number of esters is 1. The van der Waals surface area contributed by atoms with Gasteiger partial charge >= 0.3 is 5.97 Å². The second kappa shape index (κ2) is 7.35. The Bertz CT molecular complexity index is 436. The zero-order valence-electron chi connectivity index (χ0n) is 16.7. The lowest BCUT2D eigenvalue weighted by molar-refractivity contribution is -0.206. The number of hydrogen-bond acceptors (Lipinski definition) is 3. The van der Waals surface area contributed by atoms with E-state index in [2.05, 4.69) is 41.5 Å². The third-order valence-corrected chi connectivity index (χ3v) is 6.71. The molecule has 0 aromatic rings. The summed E-state index contributed by atoms with van der Waals surface area (Å²) in [7, 11) is 0. The molecule has 3 nitrogen and oxygen atoms in total. The van der Waals surface area contributed by atoms with E-state index in [-0.39, 0.29) is 29.2 Å². The van der Waals surface area contributed by atoms with Gasteiger partial charge in [-0.3, -0.25) is 4.79 Å². The Morgan fingerprint density at radius 1 is 1.12 bits per heavy atom. The highest BCUT2D eigenvalue weighted by molar-refractivity contribution is 5.76. The largest absolute Gasteiger partial charge is 0.435 e. The second-order valence-electron chi connectivity index (χ2n) is 9.42. The van der Waals surface area contributed by atoms with Crippen molar-refractivity contribution in [2.45, 2.75) is 112 Å². The summed E-state index contributed by atoms with van der Waals surface area (Å²) in [6.07, 6.45) is 9.68. The molecule has 3 unspecified atom stereocenters. The summed E-state index contributed by atoms with van der Waals surface area (Å²) in [5.41, 5.74) is -0.205. The molecule has 2 aliphatic rings. The summed E-state index contributed by atoms with van der Waals surface area (Å²) in [4.78, 5) is 13.1. The van der Waals surface area contributed by atoms with E-state index in [0.717, 1.165) is 38.5 Å². The van der Waals surface area contributed by atoms with Crippen molar-refractivity contribution in [3.05, 3.63) is 0 Å². The molecule has 0 radical (unpaired) electrons. The Labute approximate surface area is 148 Å². The van der Waals surface area contributed by atoms with Gasteiger partial charge in [0.25, 0.3) is 0 Å². The molecule has 0 aromatic carbocycles. The van der Waals surface area contributed by atoms with Crippen LogP contribution in [0, 0.1) is 16.2 Å². The molecular formula is C21H38O3. The van der Waals surface area contributed by atoms with Gasteiger partial charge in [0.15, 0.2) is 0 Å². The maximum Gasteiger partial charge on any atom is 0.314 e. The van der Waals surface area contributed by atoms with E-state index >= 15 is 0 Å². The molecule has 1 spiro atoms. The normalized spacial score (nSPS) is 29.4. The highest BCUT2D eigenvalue weighted by Crippen LogP contribution is 2.50. The van der Waals surface area contributed by atoms with E-state index in [9.17, 15) is 4.79 Å². The number of carbonyl (C=O) groups is 1. The predicted octanol–water partition coefficient (Wildman–Crippen LogP) is 5.86. The topological polar surface area (TPSA) is 35.5 Å². The lowest BCUT2D eigenvalue weighted by atomic mass is 9.70. The van der Waals surface area contributed by atoms with E-state index in [1.807, 2.05) is 0 Å².